The average Bonchev–Trinajstić information content (AvgIpc) is 2.90. The SMILES string of the molecule is O=C(O)C(O)=CC(=O)c1ccc(Cc2ccc(F)cc2)s1. The molecular formula is C15H11FO4S. The number of hydrogen-bond donors (Lipinski definition) is 2. The molecule has 0 unspecified atom stereocenters. The van der Waals surface area contributed by atoms with Crippen molar-refractivity contribution in [2.75, 3.05) is 0 Å². The summed E-state index contributed by atoms with van der Waals surface area (Å²) in [5.41, 5.74) is 0.904. The monoisotopic (exact) mass is 306 g/mol. The number of ketones is 1. The number of rotatable bonds is 5. The van der Waals surface area contributed by atoms with Crippen molar-refractivity contribution in [3.05, 3.63) is 69.4 Å². The maximum Gasteiger partial charge on any atom is 0.371 e. The molecule has 0 amide bonds. The molecule has 6 heteroatoms. The van der Waals surface area contributed by atoms with E-state index in [1.54, 1.807) is 24.3 Å². The minimum atomic E-state index is -1.55. The fourth-order valence-corrected chi connectivity index (χ4v) is 2.62. The van der Waals surface area contributed by atoms with Crippen LogP contribution in [-0.2, 0) is 11.2 Å². The second kappa shape index (κ2) is 6.32. The lowest BCUT2D eigenvalue weighted by molar-refractivity contribution is -0.135. The van der Waals surface area contributed by atoms with Crippen LogP contribution in [0.25, 0.3) is 0 Å². The van der Waals surface area contributed by atoms with Gasteiger partial charge in [0.1, 0.15) is 5.82 Å². The van der Waals surface area contributed by atoms with Crippen LogP contribution in [0.15, 0.2) is 48.2 Å². The summed E-state index contributed by atoms with van der Waals surface area (Å²) in [5, 5.41) is 17.5. The maximum absolute atomic E-state index is 12.8. The van der Waals surface area contributed by atoms with Gasteiger partial charge in [0.25, 0.3) is 0 Å². The quantitative estimate of drug-likeness (QED) is 0.505. The highest BCUT2D eigenvalue weighted by atomic mass is 32.1. The van der Waals surface area contributed by atoms with Crippen LogP contribution >= 0.6 is 11.3 Å². The molecule has 0 fully saturated rings. The van der Waals surface area contributed by atoms with Crippen molar-refractivity contribution in [1.29, 1.82) is 0 Å². The lowest BCUT2D eigenvalue weighted by atomic mass is 10.1. The molecule has 2 N–H and O–H groups in total. The second-order valence-electron chi connectivity index (χ2n) is 4.27. The minimum Gasteiger partial charge on any atom is -0.502 e. The number of carbonyl (C=O) groups excluding carboxylic acids is 1. The van der Waals surface area contributed by atoms with E-state index in [1.165, 1.54) is 23.5 Å². The van der Waals surface area contributed by atoms with Crippen molar-refractivity contribution in [3.63, 3.8) is 0 Å². The van der Waals surface area contributed by atoms with Crippen molar-refractivity contribution >= 4 is 23.1 Å². The first-order valence-electron chi connectivity index (χ1n) is 5.97. The Morgan fingerprint density at radius 2 is 1.76 bits per heavy atom. The van der Waals surface area contributed by atoms with Gasteiger partial charge < -0.3 is 10.2 Å². The first kappa shape index (κ1) is 14.9. The molecule has 4 nitrogen and oxygen atoms in total. The van der Waals surface area contributed by atoms with E-state index >= 15 is 0 Å². The lowest BCUT2D eigenvalue weighted by Gasteiger charge is -1.98. The number of aliphatic hydroxyl groups excluding tert-OH is 1. The molecule has 0 spiro atoms. The highest BCUT2D eigenvalue weighted by Gasteiger charge is 2.12. The molecule has 0 aliphatic rings. The summed E-state index contributed by atoms with van der Waals surface area (Å²) in [5.74, 6) is -3.42. The van der Waals surface area contributed by atoms with Gasteiger partial charge in [0, 0.05) is 17.4 Å². The van der Waals surface area contributed by atoms with Crippen LogP contribution in [0.5, 0.6) is 0 Å². The zero-order valence-corrected chi connectivity index (χ0v) is 11.6. The Hall–Kier alpha value is -2.47. The van der Waals surface area contributed by atoms with Gasteiger partial charge in [0.05, 0.1) is 4.88 Å². The number of benzene rings is 1. The molecule has 21 heavy (non-hydrogen) atoms. The van der Waals surface area contributed by atoms with E-state index in [1.807, 2.05) is 0 Å². The van der Waals surface area contributed by atoms with Gasteiger partial charge >= 0.3 is 5.97 Å². The van der Waals surface area contributed by atoms with Gasteiger partial charge in [0.2, 0.25) is 5.76 Å². The van der Waals surface area contributed by atoms with E-state index in [0.717, 1.165) is 10.4 Å². The molecule has 0 atom stereocenters. The third kappa shape index (κ3) is 4.00. The van der Waals surface area contributed by atoms with Crippen molar-refractivity contribution in [3.8, 4) is 0 Å². The number of halogens is 1. The van der Waals surface area contributed by atoms with Gasteiger partial charge in [-0.25, -0.2) is 9.18 Å². The molecule has 0 saturated carbocycles. The smallest absolute Gasteiger partial charge is 0.371 e. The predicted molar refractivity (Wildman–Crippen MR) is 76.2 cm³/mol. The molecule has 2 rings (SSSR count). The molecule has 0 aliphatic carbocycles. The van der Waals surface area contributed by atoms with Gasteiger partial charge in [-0.05, 0) is 29.8 Å². The Morgan fingerprint density at radius 1 is 1.10 bits per heavy atom. The third-order valence-corrected chi connectivity index (χ3v) is 3.78. The van der Waals surface area contributed by atoms with Gasteiger partial charge in [-0.2, -0.15) is 0 Å². The highest BCUT2D eigenvalue weighted by Crippen LogP contribution is 2.21. The van der Waals surface area contributed by atoms with Crippen molar-refractivity contribution in [2.24, 2.45) is 0 Å². The number of allylic oxidation sites excluding steroid dienone is 1. The molecule has 1 aromatic heterocycles. The van der Waals surface area contributed by atoms with Crippen LogP contribution in [0, 0.1) is 5.82 Å². The average molecular weight is 306 g/mol. The van der Waals surface area contributed by atoms with E-state index in [0.29, 0.717) is 17.4 Å². The van der Waals surface area contributed by atoms with E-state index in [9.17, 15) is 14.0 Å². The molecule has 0 aliphatic heterocycles. The fourth-order valence-electron chi connectivity index (χ4n) is 1.67. The molecule has 1 aromatic carbocycles. The Balaban J connectivity index is 2.11. The molecule has 0 saturated heterocycles. The summed E-state index contributed by atoms with van der Waals surface area (Å²) in [7, 11) is 0. The van der Waals surface area contributed by atoms with E-state index in [-0.39, 0.29) is 5.82 Å². The summed E-state index contributed by atoms with van der Waals surface area (Å²) < 4.78 is 12.8. The normalized spacial score (nSPS) is 11.4. The van der Waals surface area contributed by atoms with E-state index in [2.05, 4.69) is 0 Å². The summed E-state index contributed by atoms with van der Waals surface area (Å²) in [4.78, 5) is 23.4. The summed E-state index contributed by atoms with van der Waals surface area (Å²) in [6.45, 7) is 0. The summed E-state index contributed by atoms with van der Waals surface area (Å²) >= 11 is 1.20. The van der Waals surface area contributed by atoms with E-state index < -0.39 is 17.5 Å². The summed E-state index contributed by atoms with van der Waals surface area (Å²) in [6.07, 6.45) is 1.22. The Bertz CT molecular complexity index is 701. The molecular weight excluding hydrogens is 295 g/mol. The van der Waals surface area contributed by atoms with Crippen molar-refractivity contribution in [1.82, 2.24) is 0 Å². The van der Waals surface area contributed by atoms with E-state index in [4.69, 9.17) is 10.2 Å². The first-order chi connectivity index (χ1) is 9.95. The number of carboxylic acids is 1. The van der Waals surface area contributed by atoms with Gasteiger partial charge in [-0.1, -0.05) is 12.1 Å². The molecule has 108 valence electrons. The van der Waals surface area contributed by atoms with Crippen LogP contribution in [0.2, 0.25) is 0 Å². The van der Waals surface area contributed by atoms with Crippen LogP contribution in [0.3, 0.4) is 0 Å². The van der Waals surface area contributed by atoms with Gasteiger partial charge in [-0.3, -0.25) is 4.79 Å². The minimum absolute atomic E-state index is 0.310. The largest absolute Gasteiger partial charge is 0.502 e. The Morgan fingerprint density at radius 3 is 2.38 bits per heavy atom. The fraction of sp³-hybridized carbons (Fsp3) is 0.0667. The molecule has 1 heterocycles. The highest BCUT2D eigenvalue weighted by molar-refractivity contribution is 7.14. The van der Waals surface area contributed by atoms with Gasteiger partial charge in [0.15, 0.2) is 5.78 Å². The number of aliphatic hydroxyl groups is 1. The number of carbonyl (C=O) groups is 2. The predicted octanol–water partition coefficient (Wildman–Crippen LogP) is 3.19. The van der Waals surface area contributed by atoms with Crippen molar-refractivity contribution in [2.45, 2.75) is 6.42 Å². The van der Waals surface area contributed by atoms with Crippen molar-refractivity contribution < 1.29 is 24.2 Å². The van der Waals surface area contributed by atoms with Crippen LogP contribution in [-0.4, -0.2) is 22.0 Å². The van der Waals surface area contributed by atoms with Gasteiger partial charge in [-0.15, -0.1) is 11.3 Å². The molecule has 0 radical (unpaired) electrons. The maximum atomic E-state index is 12.8. The number of thiophene rings is 1. The number of aliphatic carboxylic acids is 1. The zero-order valence-electron chi connectivity index (χ0n) is 10.7. The Kier molecular flexibility index (Phi) is 4.49. The third-order valence-electron chi connectivity index (χ3n) is 2.68. The molecule has 2 aromatic rings. The van der Waals surface area contributed by atoms with Crippen LogP contribution in [0.4, 0.5) is 4.39 Å². The lowest BCUT2D eigenvalue weighted by Crippen LogP contribution is -2.02. The zero-order chi connectivity index (χ0) is 15.4. The van der Waals surface area contributed by atoms with Crippen LogP contribution < -0.4 is 0 Å². The standard InChI is InChI=1S/C15H11FO4S/c16-10-3-1-9(2-4-10)7-11-5-6-14(21-11)12(17)8-13(18)15(19)20/h1-6,8,18H,7H2,(H,19,20). The topological polar surface area (TPSA) is 74.6 Å². The number of carboxylic acid groups (broad SMARTS) is 1. The van der Waals surface area contributed by atoms with Crippen LogP contribution in [0.1, 0.15) is 20.1 Å². The summed E-state index contributed by atoms with van der Waals surface area (Å²) in [6, 6.07) is 9.36. The Labute approximate surface area is 123 Å². The number of hydrogen-bond acceptors (Lipinski definition) is 4. The molecule has 0 bridgehead atoms. The first-order valence-corrected chi connectivity index (χ1v) is 6.79. The second-order valence-corrected chi connectivity index (χ2v) is 5.44.